The maximum atomic E-state index is 10.8. The number of benzene rings is 1. The van der Waals surface area contributed by atoms with Crippen LogP contribution in [0.5, 0.6) is 5.75 Å². The first-order valence-corrected chi connectivity index (χ1v) is 7.83. The van der Waals surface area contributed by atoms with Crippen LogP contribution in [0.2, 0.25) is 0 Å². The Balaban J connectivity index is 2.18. The van der Waals surface area contributed by atoms with Gasteiger partial charge in [0.2, 0.25) is 0 Å². The van der Waals surface area contributed by atoms with Gasteiger partial charge in [0.15, 0.2) is 0 Å². The molecule has 0 heterocycles. The van der Waals surface area contributed by atoms with E-state index in [0.717, 1.165) is 12.8 Å². The molecule has 0 saturated heterocycles. The maximum Gasteiger partial charge on any atom is 0.274 e. The fourth-order valence-corrected chi connectivity index (χ4v) is 3.70. The number of non-ortho nitro benzene ring substituents is 1. The summed E-state index contributed by atoms with van der Waals surface area (Å²) in [6.07, 6.45) is 2.02. The molecule has 0 bridgehead atoms. The van der Waals surface area contributed by atoms with Gasteiger partial charge in [-0.3, -0.25) is 10.1 Å². The number of alkyl halides is 1. The molecule has 104 valence electrons. The fraction of sp³-hybridized carbons (Fsp3) is 0.538. The lowest BCUT2D eigenvalue weighted by Crippen LogP contribution is -2.54. The topological polar surface area (TPSA) is 52.4 Å². The lowest BCUT2D eigenvalue weighted by molar-refractivity contribution is -0.385. The molecule has 1 aliphatic rings. The molecule has 4 nitrogen and oxygen atoms in total. The van der Waals surface area contributed by atoms with Gasteiger partial charge in [0.05, 0.1) is 11.0 Å². The van der Waals surface area contributed by atoms with Gasteiger partial charge in [-0.2, -0.15) is 0 Å². The predicted octanol–water partition coefficient (Wildman–Crippen LogP) is 4.69. The molecule has 2 rings (SSSR count). The number of nitro benzene ring substituents is 1. The van der Waals surface area contributed by atoms with E-state index >= 15 is 0 Å². The third kappa shape index (κ3) is 2.79. The van der Waals surface area contributed by atoms with Gasteiger partial charge in [0.25, 0.3) is 5.69 Å². The number of ether oxygens (including phenoxy) is 1. The fourth-order valence-electron chi connectivity index (χ4n) is 2.29. The van der Waals surface area contributed by atoms with E-state index in [9.17, 15) is 10.1 Å². The van der Waals surface area contributed by atoms with Crippen molar-refractivity contribution in [2.75, 3.05) is 0 Å². The summed E-state index contributed by atoms with van der Waals surface area (Å²) in [5.41, 5.74) is 0.120. The molecule has 1 aliphatic carbocycles. The van der Waals surface area contributed by atoms with Crippen LogP contribution in [0.15, 0.2) is 22.7 Å². The summed E-state index contributed by atoms with van der Waals surface area (Å²) in [4.78, 5) is 10.9. The summed E-state index contributed by atoms with van der Waals surface area (Å²) in [6.45, 7) is 4.31. The minimum absolute atomic E-state index is 0.0392. The number of nitro groups is 1. The highest BCUT2D eigenvalue weighted by atomic mass is 79.9. The lowest BCUT2D eigenvalue weighted by atomic mass is 9.65. The number of nitrogens with zero attached hydrogens (tertiary/aromatic N) is 1. The SMILES string of the molecule is CCC1(C)C(Br)CC1Oc1cc(Br)cc([N+](=O)[O-])c1. The zero-order chi connectivity index (χ0) is 14.2. The van der Waals surface area contributed by atoms with E-state index in [4.69, 9.17) is 4.74 Å². The highest BCUT2D eigenvalue weighted by Crippen LogP contribution is 2.50. The van der Waals surface area contributed by atoms with E-state index in [1.54, 1.807) is 6.07 Å². The van der Waals surface area contributed by atoms with Crippen LogP contribution in [-0.2, 0) is 0 Å². The van der Waals surface area contributed by atoms with Crippen molar-refractivity contribution < 1.29 is 9.66 Å². The van der Waals surface area contributed by atoms with Gasteiger partial charge < -0.3 is 4.74 Å². The first kappa shape index (κ1) is 14.8. The Labute approximate surface area is 128 Å². The monoisotopic (exact) mass is 391 g/mol. The number of rotatable bonds is 4. The van der Waals surface area contributed by atoms with Gasteiger partial charge in [-0.15, -0.1) is 0 Å². The zero-order valence-electron chi connectivity index (χ0n) is 10.7. The number of halogens is 2. The summed E-state index contributed by atoms with van der Waals surface area (Å²) >= 11 is 6.93. The summed E-state index contributed by atoms with van der Waals surface area (Å²) in [6, 6.07) is 4.72. The molecule has 0 radical (unpaired) electrons. The van der Waals surface area contributed by atoms with Crippen molar-refractivity contribution in [1.82, 2.24) is 0 Å². The second kappa shape index (κ2) is 5.40. The average Bonchev–Trinajstić information content (AvgIpc) is 2.36. The summed E-state index contributed by atoms with van der Waals surface area (Å²) in [5, 5.41) is 10.8. The molecule has 1 fully saturated rings. The van der Waals surface area contributed by atoms with Crippen molar-refractivity contribution in [3.63, 3.8) is 0 Å². The van der Waals surface area contributed by atoms with Crippen LogP contribution >= 0.6 is 31.9 Å². The van der Waals surface area contributed by atoms with E-state index in [-0.39, 0.29) is 17.2 Å². The smallest absolute Gasteiger partial charge is 0.274 e. The lowest BCUT2D eigenvalue weighted by Gasteiger charge is -2.50. The van der Waals surface area contributed by atoms with Gasteiger partial charge >= 0.3 is 0 Å². The molecule has 3 atom stereocenters. The molecule has 0 aliphatic heterocycles. The molecule has 3 unspecified atom stereocenters. The van der Waals surface area contributed by atoms with Gasteiger partial charge in [-0.1, -0.05) is 45.7 Å². The van der Waals surface area contributed by atoms with E-state index < -0.39 is 4.92 Å². The first-order valence-electron chi connectivity index (χ1n) is 6.12. The molecule has 0 N–H and O–H groups in total. The Kier molecular flexibility index (Phi) is 4.20. The Morgan fingerprint density at radius 3 is 2.74 bits per heavy atom. The first-order chi connectivity index (χ1) is 8.86. The van der Waals surface area contributed by atoms with Crippen LogP contribution < -0.4 is 4.74 Å². The summed E-state index contributed by atoms with van der Waals surface area (Å²) in [7, 11) is 0. The van der Waals surface area contributed by atoms with Crippen LogP contribution in [0.4, 0.5) is 5.69 Å². The van der Waals surface area contributed by atoms with E-state index in [0.29, 0.717) is 15.0 Å². The Morgan fingerprint density at radius 2 is 2.21 bits per heavy atom. The second-order valence-electron chi connectivity index (χ2n) is 5.07. The summed E-state index contributed by atoms with van der Waals surface area (Å²) < 4.78 is 6.59. The van der Waals surface area contributed by atoms with Crippen molar-refractivity contribution in [3.05, 3.63) is 32.8 Å². The van der Waals surface area contributed by atoms with E-state index in [2.05, 4.69) is 45.7 Å². The predicted molar refractivity (Wildman–Crippen MR) is 80.9 cm³/mol. The number of hydrogen-bond acceptors (Lipinski definition) is 3. The normalized spacial score (nSPS) is 29.7. The quantitative estimate of drug-likeness (QED) is 0.424. The van der Waals surface area contributed by atoms with Crippen LogP contribution in [0.3, 0.4) is 0 Å². The highest BCUT2D eigenvalue weighted by molar-refractivity contribution is 9.10. The van der Waals surface area contributed by atoms with Gasteiger partial charge in [-0.05, 0) is 18.9 Å². The molecule has 1 saturated carbocycles. The molecule has 1 aromatic rings. The van der Waals surface area contributed by atoms with Crippen LogP contribution in [0.1, 0.15) is 26.7 Å². The van der Waals surface area contributed by atoms with Crippen molar-refractivity contribution in [2.24, 2.45) is 5.41 Å². The molecule has 19 heavy (non-hydrogen) atoms. The third-order valence-corrected chi connectivity index (χ3v) is 5.86. The van der Waals surface area contributed by atoms with Gasteiger partial charge in [0, 0.05) is 20.8 Å². The second-order valence-corrected chi connectivity index (χ2v) is 7.09. The molecule has 0 aromatic heterocycles. The van der Waals surface area contributed by atoms with Crippen LogP contribution in [-0.4, -0.2) is 15.9 Å². The minimum Gasteiger partial charge on any atom is -0.489 e. The Hall–Kier alpha value is -0.620. The van der Waals surface area contributed by atoms with Crippen molar-refractivity contribution in [2.45, 2.75) is 37.6 Å². The molecular weight excluding hydrogens is 378 g/mol. The Bertz CT molecular complexity index is 509. The maximum absolute atomic E-state index is 10.8. The van der Waals surface area contributed by atoms with Crippen molar-refractivity contribution >= 4 is 37.5 Å². The Morgan fingerprint density at radius 1 is 1.53 bits per heavy atom. The van der Waals surface area contributed by atoms with Crippen molar-refractivity contribution in [3.8, 4) is 5.75 Å². The van der Waals surface area contributed by atoms with E-state index in [1.807, 2.05) is 0 Å². The van der Waals surface area contributed by atoms with Crippen LogP contribution in [0, 0.1) is 15.5 Å². The minimum atomic E-state index is -0.412. The molecule has 1 aromatic carbocycles. The average molecular weight is 393 g/mol. The molecule has 6 heteroatoms. The zero-order valence-corrected chi connectivity index (χ0v) is 13.9. The third-order valence-electron chi connectivity index (χ3n) is 3.98. The van der Waals surface area contributed by atoms with Gasteiger partial charge in [0.1, 0.15) is 11.9 Å². The molecule has 0 spiro atoms. The molecular formula is C13H15Br2NO3. The largest absolute Gasteiger partial charge is 0.489 e. The molecule has 0 amide bonds. The van der Waals surface area contributed by atoms with E-state index in [1.165, 1.54) is 12.1 Å². The number of hydrogen-bond donors (Lipinski definition) is 0. The van der Waals surface area contributed by atoms with Crippen molar-refractivity contribution in [1.29, 1.82) is 0 Å². The van der Waals surface area contributed by atoms with Gasteiger partial charge in [-0.25, -0.2) is 0 Å². The standard InChI is InChI=1S/C13H15Br2NO3/c1-3-13(2)11(15)7-12(13)19-10-5-8(14)4-9(6-10)16(17)18/h4-6,11-12H,3,7H2,1-2H3. The highest BCUT2D eigenvalue weighted by Gasteiger charge is 2.50. The summed E-state index contributed by atoms with van der Waals surface area (Å²) in [5.74, 6) is 0.546. The van der Waals surface area contributed by atoms with Crippen LogP contribution in [0.25, 0.3) is 0 Å².